The standard InChI is InChI=1S/C22H31N3OS/c1-2-19-10-4-5-12-21(19)23-22(27)25(18-20-11-8-17-26-20)16-9-15-24-13-6-3-7-14-24/h4-5,8,10-12,17H,2-3,6-7,9,13-16,18H2,1H3,(H,23,27)/p+1. The number of hydrogen-bond donors (Lipinski definition) is 2. The highest BCUT2D eigenvalue weighted by Gasteiger charge is 2.16. The quantitative estimate of drug-likeness (QED) is 0.680. The van der Waals surface area contributed by atoms with Crippen molar-refractivity contribution in [1.29, 1.82) is 0 Å². The van der Waals surface area contributed by atoms with Gasteiger partial charge in [0, 0.05) is 18.7 Å². The number of rotatable bonds is 8. The van der Waals surface area contributed by atoms with E-state index in [0.717, 1.165) is 35.9 Å². The van der Waals surface area contributed by atoms with Crippen LogP contribution in [0.2, 0.25) is 0 Å². The molecule has 2 heterocycles. The molecule has 0 unspecified atom stereocenters. The Morgan fingerprint density at radius 2 is 1.96 bits per heavy atom. The first-order valence-corrected chi connectivity index (χ1v) is 10.7. The van der Waals surface area contributed by atoms with E-state index >= 15 is 0 Å². The lowest BCUT2D eigenvalue weighted by Crippen LogP contribution is -3.12. The van der Waals surface area contributed by atoms with Gasteiger partial charge < -0.3 is 19.5 Å². The maximum atomic E-state index is 5.77. The van der Waals surface area contributed by atoms with Gasteiger partial charge in [0.25, 0.3) is 0 Å². The number of aryl methyl sites for hydroxylation is 1. The van der Waals surface area contributed by atoms with Crippen molar-refractivity contribution in [2.45, 2.75) is 45.6 Å². The third-order valence-corrected chi connectivity index (χ3v) is 5.73. The topological polar surface area (TPSA) is 32.9 Å². The maximum absolute atomic E-state index is 5.77. The van der Waals surface area contributed by atoms with Crippen LogP contribution in [0.3, 0.4) is 0 Å². The fourth-order valence-corrected chi connectivity index (χ4v) is 4.08. The summed E-state index contributed by atoms with van der Waals surface area (Å²) in [4.78, 5) is 3.98. The number of furan rings is 1. The highest BCUT2D eigenvalue weighted by Crippen LogP contribution is 2.17. The van der Waals surface area contributed by atoms with Gasteiger partial charge in [0.1, 0.15) is 5.76 Å². The van der Waals surface area contributed by atoms with E-state index in [0.29, 0.717) is 6.54 Å². The van der Waals surface area contributed by atoms with E-state index in [1.165, 1.54) is 44.5 Å². The van der Waals surface area contributed by atoms with Gasteiger partial charge in [-0.2, -0.15) is 0 Å². The maximum Gasteiger partial charge on any atom is 0.173 e. The first-order chi connectivity index (χ1) is 13.3. The average Bonchev–Trinajstić information content (AvgIpc) is 3.21. The number of piperidine rings is 1. The van der Waals surface area contributed by atoms with Gasteiger partial charge in [0.2, 0.25) is 0 Å². The Kier molecular flexibility index (Phi) is 7.72. The van der Waals surface area contributed by atoms with Crippen LogP contribution in [0.25, 0.3) is 0 Å². The second kappa shape index (κ2) is 10.5. The molecule has 27 heavy (non-hydrogen) atoms. The molecule has 1 aliphatic heterocycles. The van der Waals surface area contributed by atoms with E-state index in [1.807, 2.05) is 12.1 Å². The van der Waals surface area contributed by atoms with Gasteiger partial charge in [0.15, 0.2) is 5.11 Å². The number of anilines is 1. The average molecular weight is 387 g/mol. The molecule has 1 aromatic heterocycles. The van der Waals surface area contributed by atoms with Crippen molar-refractivity contribution < 1.29 is 9.32 Å². The zero-order valence-electron chi connectivity index (χ0n) is 16.4. The van der Waals surface area contributed by atoms with E-state index in [9.17, 15) is 0 Å². The Morgan fingerprint density at radius 1 is 1.15 bits per heavy atom. The highest BCUT2D eigenvalue weighted by atomic mass is 32.1. The third kappa shape index (κ3) is 6.08. The largest absolute Gasteiger partial charge is 0.467 e. The molecule has 0 bridgehead atoms. The fourth-order valence-electron chi connectivity index (χ4n) is 3.81. The summed E-state index contributed by atoms with van der Waals surface area (Å²) < 4.78 is 5.57. The molecule has 146 valence electrons. The number of hydrogen-bond acceptors (Lipinski definition) is 2. The van der Waals surface area contributed by atoms with Gasteiger partial charge >= 0.3 is 0 Å². The number of nitrogens with zero attached hydrogens (tertiary/aromatic N) is 1. The summed E-state index contributed by atoms with van der Waals surface area (Å²) >= 11 is 5.77. The Labute approximate surface area is 168 Å². The smallest absolute Gasteiger partial charge is 0.173 e. The van der Waals surface area contributed by atoms with E-state index in [1.54, 1.807) is 11.2 Å². The minimum absolute atomic E-state index is 0.711. The first kappa shape index (κ1) is 19.9. The van der Waals surface area contributed by atoms with Crippen LogP contribution in [0.15, 0.2) is 47.1 Å². The van der Waals surface area contributed by atoms with Crippen molar-refractivity contribution in [1.82, 2.24) is 4.90 Å². The van der Waals surface area contributed by atoms with Crippen LogP contribution in [-0.4, -0.2) is 36.2 Å². The molecule has 1 saturated heterocycles. The van der Waals surface area contributed by atoms with Crippen LogP contribution in [0.5, 0.6) is 0 Å². The number of quaternary nitrogens is 1. The summed E-state index contributed by atoms with van der Waals surface area (Å²) in [5, 5.41) is 4.25. The van der Waals surface area contributed by atoms with Crippen LogP contribution in [0.1, 0.15) is 43.9 Å². The molecule has 1 fully saturated rings. The summed E-state index contributed by atoms with van der Waals surface area (Å²) in [6.45, 7) is 7.71. The number of likely N-dealkylation sites (tertiary alicyclic amines) is 1. The molecular weight excluding hydrogens is 354 g/mol. The minimum Gasteiger partial charge on any atom is -0.467 e. The number of thiocarbonyl (C=S) groups is 1. The Bertz CT molecular complexity index is 695. The van der Waals surface area contributed by atoms with Crippen molar-refractivity contribution in [3.63, 3.8) is 0 Å². The summed E-state index contributed by atoms with van der Waals surface area (Å²) in [7, 11) is 0. The van der Waals surface area contributed by atoms with Gasteiger partial charge in [-0.15, -0.1) is 0 Å². The van der Waals surface area contributed by atoms with Crippen molar-refractivity contribution in [2.24, 2.45) is 0 Å². The molecule has 0 aliphatic carbocycles. The van der Waals surface area contributed by atoms with Crippen LogP contribution in [-0.2, 0) is 13.0 Å². The van der Waals surface area contributed by atoms with Crippen LogP contribution < -0.4 is 10.2 Å². The Balaban J connectivity index is 1.60. The summed E-state index contributed by atoms with van der Waals surface area (Å²) in [5.74, 6) is 0.952. The minimum atomic E-state index is 0.711. The molecule has 0 amide bonds. The number of nitrogens with one attached hydrogen (secondary N) is 2. The van der Waals surface area contributed by atoms with Gasteiger partial charge in [-0.25, -0.2) is 0 Å². The zero-order chi connectivity index (χ0) is 18.9. The van der Waals surface area contributed by atoms with E-state index in [2.05, 4.69) is 41.4 Å². The molecule has 0 spiro atoms. The predicted octanol–water partition coefficient (Wildman–Crippen LogP) is 3.50. The number of para-hydroxylation sites is 1. The molecule has 2 aromatic rings. The molecule has 2 N–H and O–H groups in total. The second-order valence-electron chi connectivity index (χ2n) is 7.36. The molecular formula is C22H32N3OS+. The van der Waals surface area contributed by atoms with Crippen LogP contribution in [0.4, 0.5) is 5.69 Å². The Hall–Kier alpha value is -1.85. The van der Waals surface area contributed by atoms with Gasteiger partial charge in [-0.1, -0.05) is 25.1 Å². The highest BCUT2D eigenvalue weighted by molar-refractivity contribution is 7.80. The Morgan fingerprint density at radius 3 is 2.70 bits per heavy atom. The van der Waals surface area contributed by atoms with E-state index in [4.69, 9.17) is 16.6 Å². The molecule has 3 rings (SSSR count). The SMILES string of the molecule is CCc1ccccc1NC(=S)N(CCC[NH+]1CCCCC1)Cc1ccco1. The molecule has 0 atom stereocenters. The van der Waals surface area contributed by atoms with Crippen LogP contribution >= 0.6 is 12.2 Å². The molecule has 5 heteroatoms. The molecule has 0 radical (unpaired) electrons. The monoisotopic (exact) mass is 386 g/mol. The van der Waals surface area contributed by atoms with Crippen molar-refractivity contribution >= 4 is 23.0 Å². The lowest BCUT2D eigenvalue weighted by atomic mass is 10.1. The van der Waals surface area contributed by atoms with E-state index in [-0.39, 0.29) is 0 Å². The summed E-state index contributed by atoms with van der Waals surface area (Å²) in [5.41, 5.74) is 2.40. The van der Waals surface area contributed by atoms with Crippen molar-refractivity contribution in [2.75, 3.05) is 31.5 Å². The zero-order valence-corrected chi connectivity index (χ0v) is 17.2. The fraction of sp³-hybridized carbons (Fsp3) is 0.500. The van der Waals surface area contributed by atoms with Crippen molar-refractivity contribution in [3.8, 4) is 0 Å². The van der Waals surface area contributed by atoms with Gasteiger partial charge in [0.05, 0.1) is 32.4 Å². The molecule has 1 aliphatic rings. The normalized spacial score (nSPS) is 14.9. The first-order valence-electron chi connectivity index (χ1n) is 10.3. The van der Waals surface area contributed by atoms with E-state index < -0.39 is 0 Å². The second-order valence-corrected chi connectivity index (χ2v) is 7.74. The third-order valence-electron chi connectivity index (χ3n) is 5.37. The molecule has 0 saturated carbocycles. The van der Waals surface area contributed by atoms with Crippen LogP contribution in [0, 0.1) is 0 Å². The number of benzene rings is 1. The van der Waals surface area contributed by atoms with Gasteiger partial charge in [-0.3, -0.25) is 0 Å². The predicted molar refractivity (Wildman–Crippen MR) is 115 cm³/mol. The summed E-state index contributed by atoms with van der Waals surface area (Å²) in [6.07, 6.45) is 8.02. The molecule has 4 nitrogen and oxygen atoms in total. The summed E-state index contributed by atoms with van der Waals surface area (Å²) in [6, 6.07) is 12.4. The van der Waals surface area contributed by atoms with Gasteiger partial charge in [-0.05, 0) is 61.7 Å². The lowest BCUT2D eigenvalue weighted by molar-refractivity contribution is -0.905. The van der Waals surface area contributed by atoms with Crippen molar-refractivity contribution in [3.05, 3.63) is 54.0 Å². The lowest BCUT2D eigenvalue weighted by Gasteiger charge is -2.28. The molecule has 1 aromatic carbocycles.